The van der Waals surface area contributed by atoms with E-state index >= 15 is 0 Å². The fraction of sp³-hybridized carbons (Fsp3) is 0.556. The Bertz CT molecular complexity index is 703. The highest BCUT2D eigenvalue weighted by Gasteiger charge is 2.23. The molecule has 1 aliphatic heterocycles. The second-order valence-corrected chi connectivity index (χ2v) is 7.16. The van der Waals surface area contributed by atoms with Crippen LogP contribution in [0.5, 0.6) is 0 Å². The highest BCUT2D eigenvalue weighted by atomic mass is 32.1. The summed E-state index contributed by atoms with van der Waals surface area (Å²) in [7, 11) is 0. The zero-order chi connectivity index (χ0) is 17.6. The van der Waals surface area contributed by atoms with Crippen molar-refractivity contribution in [2.24, 2.45) is 0 Å². The van der Waals surface area contributed by atoms with Gasteiger partial charge in [-0.2, -0.15) is 0 Å². The van der Waals surface area contributed by atoms with E-state index in [0.29, 0.717) is 12.1 Å². The van der Waals surface area contributed by atoms with Crippen LogP contribution in [0.25, 0.3) is 0 Å². The SMILES string of the molecule is CCc1cc(NC2CCCCCN(C(=O)c3cnsc3)C2)nc(C)n1. The van der Waals surface area contributed by atoms with Crippen LogP contribution in [0.1, 0.15) is 54.5 Å². The highest BCUT2D eigenvalue weighted by Crippen LogP contribution is 2.18. The average Bonchev–Trinajstić information content (AvgIpc) is 3.10. The number of nitrogens with one attached hydrogen (secondary N) is 1. The smallest absolute Gasteiger partial charge is 0.256 e. The molecule has 0 saturated carbocycles. The van der Waals surface area contributed by atoms with Crippen LogP contribution in [0.4, 0.5) is 5.82 Å². The van der Waals surface area contributed by atoms with E-state index in [2.05, 4.69) is 26.6 Å². The molecule has 1 atom stereocenters. The number of likely N-dealkylation sites (tertiary alicyclic amines) is 1. The minimum Gasteiger partial charge on any atom is -0.365 e. The Balaban J connectivity index is 1.73. The Labute approximate surface area is 152 Å². The molecule has 3 heterocycles. The van der Waals surface area contributed by atoms with E-state index in [1.165, 1.54) is 18.0 Å². The molecule has 1 unspecified atom stereocenters. The molecule has 1 saturated heterocycles. The molecule has 1 fully saturated rings. The fourth-order valence-corrected chi connectivity index (χ4v) is 3.72. The summed E-state index contributed by atoms with van der Waals surface area (Å²) < 4.78 is 4.06. The number of amides is 1. The molecule has 0 aliphatic carbocycles. The number of nitrogens with zero attached hydrogens (tertiary/aromatic N) is 4. The standard InChI is InChI=1S/C18H25N5OS/c1-3-15-9-17(21-13(2)20-15)22-16-7-5-4-6-8-23(11-16)18(24)14-10-19-25-12-14/h9-10,12,16H,3-8,11H2,1-2H3,(H,20,21,22). The Morgan fingerprint density at radius 1 is 1.36 bits per heavy atom. The van der Waals surface area contributed by atoms with Crippen LogP contribution in [-0.2, 0) is 6.42 Å². The van der Waals surface area contributed by atoms with Gasteiger partial charge in [-0.05, 0) is 37.7 Å². The maximum atomic E-state index is 12.7. The predicted molar refractivity (Wildman–Crippen MR) is 100 cm³/mol. The average molecular weight is 359 g/mol. The largest absolute Gasteiger partial charge is 0.365 e. The van der Waals surface area contributed by atoms with Gasteiger partial charge in [0.05, 0.1) is 11.8 Å². The molecule has 1 amide bonds. The lowest BCUT2D eigenvalue weighted by Gasteiger charge is -2.30. The van der Waals surface area contributed by atoms with E-state index in [9.17, 15) is 4.79 Å². The zero-order valence-corrected chi connectivity index (χ0v) is 15.7. The Morgan fingerprint density at radius 2 is 2.24 bits per heavy atom. The molecule has 6 nitrogen and oxygen atoms in total. The van der Waals surface area contributed by atoms with Crippen LogP contribution in [0, 0.1) is 6.92 Å². The van der Waals surface area contributed by atoms with Crippen LogP contribution in [0.2, 0.25) is 0 Å². The third-order valence-electron chi connectivity index (χ3n) is 4.49. The van der Waals surface area contributed by atoms with E-state index in [0.717, 1.165) is 49.6 Å². The third-order valence-corrected chi connectivity index (χ3v) is 5.08. The van der Waals surface area contributed by atoms with Crippen LogP contribution in [-0.4, -0.2) is 44.3 Å². The van der Waals surface area contributed by atoms with Gasteiger partial charge in [0.2, 0.25) is 0 Å². The van der Waals surface area contributed by atoms with Crippen molar-refractivity contribution in [3.05, 3.63) is 34.7 Å². The normalized spacial score (nSPS) is 18.5. The van der Waals surface area contributed by atoms with Gasteiger partial charge >= 0.3 is 0 Å². The summed E-state index contributed by atoms with van der Waals surface area (Å²) in [5.74, 6) is 1.72. The van der Waals surface area contributed by atoms with Crippen LogP contribution in [0.15, 0.2) is 17.6 Å². The Morgan fingerprint density at radius 3 is 3.00 bits per heavy atom. The van der Waals surface area contributed by atoms with Crippen molar-refractivity contribution in [2.75, 3.05) is 18.4 Å². The third kappa shape index (κ3) is 4.75. The van der Waals surface area contributed by atoms with Crippen molar-refractivity contribution in [3.8, 4) is 0 Å². The lowest BCUT2D eigenvalue weighted by Crippen LogP contribution is -2.42. The molecule has 0 aromatic carbocycles. The van der Waals surface area contributed by atoms with E-state index in [4.69, 9.17) is 0 Å². The number of carbonyl (C=O) groups is 1. The summed E-state index contributed by atoms with van der Waals surface area (Å²) in [6.07, 6.45) is 6.96. The molecule has 3 rings (SSSR count). The first-order valence-electron chi connectivity index (χ1n) is 8.95. The lowest BCUT2D eigenvalue weighted by molar-refractivity contribution is 0.0736. The molecule has 2 aromatic heterocycles. The molecule has 25 heavy (non-hydrogen) atoms. The van der Waals surface area contributed by atoms with Crippen LogP contribution < -0.4 is 5.32 Å². The van der Waals surface area contributed by atoms with Gasteiger partial charge in [0.1, 0.15) is 11.6 Å². The first-order chi connectivity index (χ1) is 12.2. The van der Waals surface area contributed by atoms with Gasteiger partial charge in [0, 0.05) is 36.3 Å². The monoisotopic (exact) mass is 359 g/mol. The highest BCUT2D eigenvalue weighted by molar-refractivity contribution is 7.03. The van der Waals surface area contributed by atoms with Gasteiger partial charge in [0.25, 0.3) is 5.91 Å². The summed E-state index contributed by atoms with van der Waals surface area (Å²) in [5.41, 5.74) is 1.73. The maximum Gasteiger partial charge on any atom is 0.256 e. The summed E-state index contributed by atoms with van der Waals surface area (Å²) in [4.78, 5) is 23.6. The number of anilines is 1. The van der Waals surface area contributed by atoms with Gasteiger partial charge in [-0.1, -0.05) is 19.8 Å². The second kappa shape index (κ2) is 8.38. The van der Waals surface area contributed by atoms with Crippen molar-refractivity contribution < 1.29 is 4.79 Å². The minimum absolute atomic E-state index is 0.0792. The minimum atomic E-state index is 0.0792. The number of carbonyl (C=O) groups excluding carboxylic acids is 1. The van der Waals surface area contributed by atoms with Crippen molar-refractivity contribution in [3.63, 3.8) is 0 Å². The van der Waals surface area contributed by atoms with Gasteiger partial charge in [-0.3, -0.25) is 4.79 Å². The number of rotatable bonds is 4. The van der Waals surface area contributed by atoms with E-state index in [-0.39, 0.29) is 11.9 Å². The number of aromatic nitrogens is 3. The Kier molecular flexibility index (Phi) is 5.96. The zero-order valence-electron chi connectivity index (χ0n) is 14.9. The number of aryl methyl sites for hydroxylation is 2. The molecule has 0 radical (unpaired) electrons. The molecule has 134 valence electrons. The van der Waals surface area contributed by atoms with Crippen LogP contribution >= 0.6 is 11.5 Å². The quantitative estimate of drug-likeness (QED) is 0.907. The predicted octanol–water partition coefficient (Wildman–Crippen LogP) is 3.30. The number of hydrogen-bond acceptors (Lipinski definition) is 6. The molecule has 0 bridgehead atoms. The van der Waals surface area contributed by atoms with Gasteiger partial charge in [-0.25, -0.2) is 14.3 Å². The van der Waals surface area contributed by atoms with Crippen molar-refractivity contribution in [2.45, 2.75) is 52.0 Å². The number of hydrogen-bond donors (Lipinski definition) is 1. The second-order valence-electron chi connectivity index (χ2n) is 6.50. The van der Waals surface area contributed by atoms with Crippen molar-refractivity contribution in [1.29, 1.82) is 0 Å². The molecule has 2 aromatic rings. The lowest BCUT2D eigenvalue weighted by atomic mass is 10.0. The molecule has 1 N–H and O–H groups in total. The molecule has 0 spiro atoms. The maximum absolute atomic E-state index is 12.7. The summed E-state index contributed by atoms with van der Waals surface area (Å²) in [6.45, 7) is 5.51. The van der Waals surface area contributed by atoms with Crippen molar-refractivity contribution in [1.82, 2.24) is 19.2 Å². The van der Waals surface area contributed by atoms with Crippen molar-refractivity contribution >= 4 is 23.3 Å². The first kappa shape index (κ1) is 17.8. The fourth-order valence-electron chi connectivity index (χ4n) is 3.21. The summed E-state index contributed by atoms with van der Waals surface area (Å²) >= 11 is 1.32. The molecular weight excluding hydrogens is 334 g/mol. The summed E-state index contributed by atoms with van der Waals surface area (Å²) in [6, 6.07) is 2.22. The Hall–Kier alpha value is -2.02. The topological polar surface area (TPSA) is 71.0 Å². The molecule has 7 heteroatoms. The van der Waals surface area contributed by atoms with E-state index < -0.39 is 0 Å². The molecule has 1 aliphatic rings. The van der Waals surface area contributed by atoms with Gasteiger partial charge < -0.3 is 10.2 Å². The molecular formula is C18H25N5OS. The first-order valence-corrected chi connectivity index (χ1v) is 9.79. The van der Waals surface area contributed by atoms with Crippen LogP contribution in [0.3, 0.4) is 0 Å². The van der Waals surface area contributed by atoms with Gasteiger partial charge in [-0.15, -0.1) is 0 Å². The van der Waals surface area contributed by atoms with Gasteiger partial charge in [0.15, 0.2) is 0 Å². The summed E-state index contributed by atoms with van der Waals surface area (Å²) in [5, 5.41) is 5.36. The van der Waals surface area contributed by atoms with E-state index in [1.54, 1.807) is 6.20 Å². The van der Waals surface area contributed by atoms with E-state index in [1.807, 2.05) is 23.3 Å².